The van der Waals surface area contributed by atoms with Crippen LogP contribution in [0.15, 0.2) is 82.0 Å². The van der Waals surface area contributed by atoms with Crippen LogP contribution in [0.25, 0.3) is 21.7 Å². The molecule has 1 N–H and O–H groups in total. The molecule has 0 fully saturated rings. The van der Waals surface area contributed by atoms with Gasteiger partial charge in [-0.05, 0) is 29.7 Å². The van der Waals surface area contributed by atoms with Crippen molar-refractivity contribution < 1.29 is 13.9 Å². The van der Waals surface area contributed by atoms with Gasteiger partial charge in [-0.15, -0.1) is 0 Å². The highest BCUT2D eigenvalue weighted by atomic mass is 16.5. The molecule has 0 radical (unpaired) electrons. The van der Waals surface area contributed by atoms with Gasteiger partial charge in [0.05, 0.1) is 0 Å². The van der Waals surface area contributed by atoms with E-state index in [0.717, 1.165) is 21.8 Å². The number of hydrogen-bond donors (Lipinski definition) is 1. The van der Waals surface area contributed by atoms with Crippen molar-refractivity contribution in [3.8, 4) is 5.75 Å². The fourth-order valence-electron chi connectivity index (χ4n) is 2.80. The molecule has 0 aliphatic rings. The van der Waals surface area contributed by atoms with Gasteiger partial charge in [-0.1, -0.05) is 36.4 Å². The highest BCUT2D eigenvalue weighted by Gasteiger charge is 2.07. The molecule has 0 unspecified atom stereocenters. The number of fused-ring (bicyclic) bond motifs is 2. The minimum atomic E-state index is -0.427. The van der Waals surface area contributed by atoms with E-state index in [1.807, 2.05) is 42.5 Å². The molecule has 1 aromatic heterocycles. The minimum absolute atomic E-state index is 0.147. The molecule has 0 spiro atoms. The van der Waals surface area contributed by atoms with Crippen molar-refractivity contribution in [1.82, 2.24) is 0 Å². The number of ether oxygens (including phenoxy) is 1. The SMILES string of the molecule is O=C(COc1ccc2ccc(=O)oc2c1)Nc1cccc2ccccc12. The first-order chi connectivity index (χ1) is 12.7. The predicted octanol–water partition coefficient (Wildman–Crippen LogP) is 3.96. The Balaban J connectivity index is 1.47. The maximum Gasteiger partial charge on any atom is 0.336 e. The van der Waals surface area contributed by atoms with E-state index in [2.05, 4.69) is 5.32 Å². The summed E-state index contributed by atoms with van der Waals surface area (Å²) in [6.07, 6.45) is 0. The lowest BCUT2D eigenvalue weighted by Gasteiger charge is -2.10. The average Bonchev–Trinajstić information content (AvgIpc) is 2.66. The fraction of sp³-hybridized carbons (Fsp3) is 0.0476. The largest absolute Gasteiger partial charge is 0.484 e. The summed E-state index contributed by atoms with van der Waals surface area (Å²) in [5, 5.41) is 5.67. The molecule has 5 heteroatoms. The molecule has 26 heavy (non-hydrogen) atoms. The van der Waals surface area contributed by atoms with Gasteiger partial charge in [0.1, 0.15) is 11.3 Å². The van der Waals surface area contributed by atoms with Crippen LogP contribution in [0, 0.1) is 0 Å². The molecule has 5 nitrogen and oxygen atoms in total. The third-order valence-electron chi connectivity index (χ3n) is 4.03. The summed E-state index contributed by atoms with van der Waals surface area (Å²) in [6, 6.07) is 21.7. The zero-order chi connectivity index (χ0) is 17.9. The molecule has 0 saturated carbocycles. The van der Waals surface area contributed by atoms with Crippen LogP contribution < -0.4 is 15.7 Å². The van der Waals surface area contributed by atoms with Gasteiger partial charge in [0.25, 0.3) is 5.91 Å². The van der Waals surface area contributed by atoms with Crippen molar-refractivity contribution in [2.24, 2.45) is 0 Å². The lowest BCUT2D eigenvalue weighted by molar-refractivity contribution is -0.118. The minimum Gasteiger partial charge on any atom is -0.484 e. The summed E-state index contributed by atoms with van der Waals surface area (Å²) in [6.45, 7) is -0.147. The second-order valence-electron chi connectivity index (χ2n) is 5.82. The summed E-state index contributed by atoms with van der Waals surface area (Å²) in [5.41, 5.74) is 0.731. The smallest absolute Gasteiger partial charge is 0.336 e. The van der Waals surface area contributed by atoms with E-state index in [0.29, 0.717) is 11.3 Å². The van der Waals surface area contributed by atoms with E-state index in [9.17, 15) is 9.59 Å². The summed E-state index contributed by atoms with van der Waals surface area (Å²) in [5.74, 6) is 0.191. The van der Waals surface area contributed by atoms with Gasteiger partial charge in [-0.25, -0.2) is 4.79 Å². The van der Waals surface area contributed by atoms with E-state index in [-0.39, 0.29) is 12.5 Å². The van der Waals surface area contributed by atoms with Crippen molar-refractivity contribution in [3.05, 3.63) is 83.2 Å². The average molecular weight is 345 g/mol. The van der Waals surface area contributed by atoms with Crippen LogP contribution >= 0.6 is 0 Å². The topological polar surface area (TPSA) is 68.5 Å². The second kappa shape index (κ2) is 6.72. The summed E-state index contributed by atoms with van der Waals surface area (Å²) in [4.78, 5) is 23.5. The fourth-order valence-corrected chi connectivity index (χ4v) is 2.80. The summed E-state index contributed by atoms with van der Waals surface area (Å²) >= 11 is 0. The Morgan fingerprint density at radius 2 is 1.73 bits per heavy atom. The third-order valence-corrected chi connectivity index (χ3v) is 4.03. The highest BCUT2D eigenvalue weighted by Crippen LogP contribution is 2.23. The van der Waals surface area contributed by atoms with Gasteiger partial charge in [-0.3, -0.25) is 4.79 Å². The van der Waals surface area contributed by atoms with Gasteiger partial charge in [0, 0.05) is 28.6 Å². The molecule has 0 aliphatic carbocycles. The van der Waals surface area contributed by atoms with Crippen molar-refractivity contribution in [3.63, 3.8) is 0 Å². The molecule has 0 bridgehead atoms. The number of rotatable bonds is 4. The van der Waals surface area contributed by atoms with Crippen LogP contribution in [0.2, 0.25) is 0 Å². The van der Waals surface area contributed by atoms with Crippen LogP contribution in [0.5, 0.6) is 5.75 Å². The number of carbonyl (C=O) groups is 1. The first-order valence-electron chi connectivity index (χ1n) is 8.13. The van der Waals surface area contributed by atoms with Gasteiger partial charge < -0.3 is 14.5 Å². The van der Waals surface area contributed by atoms with Gasteiger partial charge in [0.2, 0.25) is 0 Å². The Labute approximate surface area is 148 Å². The zero-order valence-corrected chi connectivity index (χ0v) is 13.8. The van der Waals surface area contributed by atoms with Crippen molar-refractivity contribution >= 4 is 33.3 Å². The maximum atomic E-state index is 12.2. The van der Waals surface area contributed by atoms with Gasteiger partial charge >= 0.3 is 5.63 Å². The molecule has 128 valence electrons. The summed E-state index contributed by atoms with van der Waals surface area (Å²) in [7, 11) is 0. The first kappa shape index (κ1) is 15.9. The number of nitrogens with one attached hydrogen (secondary N) is 1. The molecule has 0 saturated heterocycles. The van der Waals surface area contributed by atoms with E-state index in [1.165, 1.54) is 6.07 Å². The molecule has 0 aliphatic heterocycles. The molecular formula is C21H15NO4. The number of amides is 1. The Hall–Kier alpha value is -3.60. The normalized spacial score (nSPS) is 10.8. The quantitative estimate of drug-likeness (QED) is 0.568. The summed E-state index contributed by atoms with van der Waals surface area (Å²) < 4.78 is 10.6. The molecule has 3 aromatic carbocycles. The van der Waals surface area contributed by atoms with Crippen LogP contribution in [0.4, 0.5) is 5.69 Å². The molecule has 1 amide bonds. The number of carbonyl (C=O) groups excluding carboxylic acids is 1. The lowest BCUT2D eigenvalue weighted by atomic mass is 10.1. The first-order valence-corrected chi connectivity index (χ1v) is 8.13. The number of anilines is 1. The zero-order valence-electron chi connectivity index (χ0n) is 13.8. The van der Waals surface area contributed by atoms with Crippen molar-refractivity contribution in [1.29, 1.82) is 0 Å². The number of benzene rings is 3. The second-order valence-corrected chi connectivity index (χ2v) is 5.82. The highest BCUT2D eigenvalue weighted by molar-refractivity contribution is 6.02. The van der Waals surface area contributed by atoms with E-state index < -0.39 is 5.63 Å². The van der Waals surface area contributed by atoms with Gasteiger partial charge in [0.15, 0.2) is 6.61 Å². The Bertz CT molecular complexity index is 1160. The molecule has 4 rings (SSSR count). The Morgan fingerprint density at radius 3 is 2.65 bits per heavy atom. The van der Waals surface area contributed by atoms with Gasteiger partial charge in [-0.2, -0.15) is 0 Å². The predicted molar refractivity (Wildman–Crippen MR) is 101 cm³/mol. The standard InChI is InChI=1S/C21H15NO4/c23-20(22-18-7-3-5-14-4-1-2-6-17(14)18)13-25-16-10-8-15-9-11-21(24)26-19(15)12-16/h1-12H,13H2,(H,22,23). The third kappa shape index (κ3) is 3.28. The van der Waals surface area contributed by atoms with E-state index in [4.69, 9.17) is 9.15 Å². The Kier molecular flexibility index (Phi) is 4.11. The van der Waals surface area contributed by atoms with Crippen LogP contribution in [0.3, 0.4) is 0 Å². The molecular weight excluding hydrogens is 330 g/mol. The molecule has 4 aromatic rings. The molecule has 1 heterocycles. The van der Waals surface area contributed by atoms with Crippen molar-refractivity contribution in [2.75, 3.05) is 11.9 Å². The van der Waals surface area contributed by atoms with E-state index >= 15 is 0 Å². The monoisotopic (exact) mass is 345 g/mol. The number of hydrogen-bond acceptors (Lipinski definition) is 4. The van der Waals surface area contributed by atoms with Crippen LogP contribution in [0.1, 0.15) is 0 Å². The van der Waals surface area contributed by atoms with Crippen LogP contribution in [-0.2, 0) is 4.79 Å². The lowest BCUT2D eigenvalue weighted by Crippen LogP contribution is -2.20. The maximum absolute atomic E-state index is 12.2. The van der Waals surface area contributed by atoms with E-state index in [1.54, 1.807) is 24.3 Å². The molecule has 0 atom stereocenters. The van der Waals surface area contributed by atoms with Crippen LogP contribution in [-0.4, -0.2) is 12.5 Å². The van der Waals surface area contributed by atoms with Crippen molar-refractivity contribution in [2.45, 2.75) is 0 Å². The Morgan fingerprint density at radius 1 is 0.923 bits per heavy atom.